The lowest BCUT2D eigenvalue weighted by molar-refractivity contribution is -0.0509. The Kier molecular flexibility index (Phi) is 4.84. The number of aryl methyl sites for hydroxylation is 1. The first-order valence-electron chi connectivity index (χ1n) is 7.07. The standard InChI is InChI=1S/C15H17F3O3S/c1-2-6-12-9-5-8-11-7-3-4-10-13(11)14(12)21-22(19,20)15(16,17)18/h3-4,7,10H,2,5-6,8-9H2,1H3. The van der Waals surface area contributed by atoms with Crippen molar-refractivity contribution in [2.45, 2.75) is 44.5 Å². The summed E-state index contributed by atoms with van der Waals surface area (Å²) in [6.45, 7) is 1.89. The number of benzene rings is 1. The van der Waals surface area contributed by atoms with Crippen LogP contribution in [0.5, 0.6) is 0 Å². The number of allylic oxidation sites excluding steroid dienone is 1. The van der Waals surface area contributed by atoms with Crippen molar-refractivity contribution in [2.75, 3.05) is 0 Å². The number of halogens is 3. The average Bonchev–Trinajstić information content (AvgIpc) is 2.59. The van der Waals surface area contributed by atoms with Gasteiger partial charge in [0.1, 0.15) is 5.76 Å². The predicted octanol–water partition coefficient (Wildman–Crippen LogP) is 4.40. The Bertz CT molecular complexity index is 676. The van der Waals surface area contributed by atoms with Gasteiger partial charge in [-0.05, 0) is 36.8 Å². The Morgan fingerprint density at radius 3 is 2.50 bits per heavy atom. The first-order chi connectivity index (χ1) is 10.3. The first kappa shape index (κ1) is 16.9. The molecule has 22 heavy (non-hydrogen) atoms. The van der Waals surface area contributed by atoms with E-state index in [0.717, 1.165) is 12.0 Å². The maximum absolute atomic E-state index is 12.6. The molecule has 0 fully saturated rings. The van der Waals surface area contributed by atoms with Crippen molar-refractivity contribution in [3.63, 3.8) is 0 Å². The SMILES string of the molecule is CCCC1=C(OS(=O)(=O)C(F)(F)F)c2ccccc2CCC1. The maximum atomic E-state index is 12.6. The number of hydrogen-bond donors (Lipinski definition) is 0. The van der Waals surface area contributed by atoms with Crippen LogP contribution >= 0.6 is 0 Å². The molecule has 0 spiro atoms. The summed E-state index contributed by atoms with van der Waals surface area (Å²) in [6, 6.07) is 6.84. The summed E-state index contributed by atoms with van der Waals surface area (Å²) in [5.41, 5.74) is -3.56. The van der Waals surface area contributed by atoms with Gasteiger partial charge in [0.25, 0.3) is 0 Å². The van der Waals surface area contributed by atoms with Crippen molar-refractivity contribution in [1.82, 2.24) is 0 Å². The minimum Gasteiger partial charge on any atom is -0.375 e. The Labute approximate surface area is 127 Å². The van der Waals surface area contributed by atoms with Gasteiger partial charge in [0, 0.05) is 5.56 Å². The fourth-order valence-electron chi connectivity index (χ4n) is 2.56. The fourth-order valence-corrected chi connectivity index (χ4v) is 3.08. The molecular formula is C15H17F3O3S. The Morgan fingerprint density at radius 2 is 1.86 bits per heavy atom. The van der Waals surface area contributed by atoms with Crippen molar-refractivity contribution >= 4 is 15.9 Å². The van der Waals surface area contributed by atoms with Crippen molar-refractivity contribution in [3.05, 3.63) is 41.0 Å². The Hall–Kier alpha value is -1.50. The quantitative estimate of drug-likeness (QED) is 0.605. The van der Waals surface area contributed by atoms with E-state index in [1.165, 1.54) is 0 Å². The highest BCUT2D eigenvalue weighted by atomic mass is 32.2. The van der Waals surface area contributed by atoms with Crippen molar-refractivity contribution in [1.29, 1.82) is 0 Å². The molecule has 122 valence electrons. The second-order valence-electron chi connectivity index (χ2n) is 5.18. The van der Waals surface area contributed by atoms with Crippen LogP contribution in [0.15, 0.2) is 29.8 Å². The summed E-state index contributed by atoms with van der Waals surface area (Å²) in [7, 11) is -5.67. The summed E-state index contributed by atoms with van der Waals surface area (Å²) in [5, 5.41) is 0. The molecule has 0 aliphatic heterocycles. The topological polar surface area (TPSA) is 43.4 Å². The van der Waals surface area contributed by atoms with E-state index in [1.54, 1.807) is 24.3 Å². The third-order valence-electron chi connectivity index (χ3n) is 3.54. The minimum atomic E-state index is -5.67. The zero-order chi connectivity index (χ0) is 16.4. The summed E-state index contributed by atoms with van der Waals surface area (Å²) in [5.74, 6) is -0.146. The van der Waals surface area contributed by atoms with Gasteiger partial charge in [-0.2, -0.15) is 21.6 Å². The Balaban J connectivity index is 2.55. The lowest BCUT2D eigenvalue weighted by Gasteiger charge is -2.17. The van der Waals surface area contributed by atoms with Gasteiger partial charge >= 0.3 is 15.6 Å². The van der Waals surface area contributed by atoms with E-state index in [0.29, 0.717) is 36.8 Å². The fraction of sp³-hybridized carbons (Fsp3) is 0.467. The molecular weight excluding hydrogens is 317 g/mol. The van der Waals surface area contributed by atoms with E-state index in [4.69, 9.17) is 0 Å². The zero-order valence-corrected chi connectivity index (χ0v) is 12.9. The molecule has 0 N–H and O–H groups in total. The van der Waals surface area contributed by atoms with Gasteiger partial charge in [-0.3, -0.25) is 0 Å². The van der Waals surface area contributed by atoms with E-state index in [-0.39, 0.29) is 5.76 Å². The van der Waals surface area contributed by atoms with Gasteiger partial charge in [0.15, 0.2) is 0 Å². The summed E-state index contributed by atoms with van der Waals surface area (Å²) in [4.78, 5) is 0. The minimum absolute atomic E-state index is 0.146. The first-order valence-corrected chi connectivity index (χ1v) is 8.48. The van der Waals surface area contributed by atoms with Crippen molar-refractivity contribution in [2.24, 2.45) is 0 Å². The second-order valence-corrected chi connectivity index (χ2v) is 6.71. The third kappa shape index (κ3) is 3.45. The lowest BCUT2D eigenvalue weighted by atomic mass is 10.0. The van der Waals surface area contributed by atoms with Gasteiger partial charge in [-0.15, -0.1) is 0 Å². The highest BCUT2D eigenvalue weighted by Gasteiger charge is 2.49. The molecule has 1 aliphatic rings. The van der Waals surface area contributed by atoms with Crippen LogP contribution in [0.4, 0.5) is 13.2 Å². The van der Waals surface area contributed by atoms with E-state index in [9.17, 15) is 21.6 Å². The van der Waals surface area contributed by atoms with Crippen LogP contribution in [0.1, 0.15) is 43.7 Å². The molecule has 0 unspecified atom stereocenters. The monoisotopic (exact) mass is 334 g/mol. The summed E-state index contributed by atoms with van der Waals surface area (Å²) >= 11 is 0. The highest BCUT2D eigenvalue weighted by Crippen LogP contribution is 2.37. The van der Waals surface area contributed by atoms with Crippen LogP contribution in [0.2, 0.25) is 0 Å². The molecule has 7 heteroatoms. The number of rotatable bonds is 4. The Morgan fingerprint density at radius 1 is 1.18 bits per heavy atom. The van der Waals surface area contributed by atoms with Crippen molar-refractivity contribution < 1.29 is 25.8 Å². The molecule has 3 nitrogen and oxygen atoms in total. The zero-order valence-electron chi connectivity index (χ0n) is 12.1. The maximum Gasteiger partial charge on any atom is 0.534 e. The van der Waals surface area contributed by atoms with Crippen LogP contribution in [0, 0.1) is 0 Å². The van der Waals surface area contributed by atoms with Crippen LogP contribution in [-0.2, 0) is 20.7 Å². The number of fused-ring (bicyclic) bond motifs is 1. The van der Waals surface area contributed by atoms with Crippen LogP contribution in [0.25, 0.3) is 5.76 Å². The molecule has 0 bridgehead atoms. The molecule has 0 amide bonds. The molecule has 0 saturated carbocycles. The van der Waals surface area contributed by atoms with Crippen molar-refractivity contribution in [3.8, 4) is 0 Å². The normalized spacial score (nSPS) is 16.2. The van der Waals surface area contributed by atoms with Gasteiger partial charge < -0.3 is 4.18 Å². The predicted molar refractivity (Wildman–Crippen MR) is 77.3 cm³/mol. The molecule has 0 radical (unpaired) electrons. The molecule has 2 rings (SSSR count). The van der Waals surface area contributed by atoms with E-state index >= 15 is 0 Å². The lowest BCUT2D eigenvalue weighted by Crippen LogP contribution is -2.25. The van der Waals surface area contributed by atoms with Gasteiger partial charge in [0.05, 0.1) is 0 Å². The molecule has 0 aromatic heterocycles. The molecule has 1 aliphatic carbocycles. The molecule has 0 heterocycles. The average molecular weight is 334 g/mol. The van der Waals surface area contributed by atoms with E-state index in [2.05, 4.69) is 4.18 Å². The van der Waals surface area contributed by atoms with Crippen LogP contribution < -0.4 is 0 Å². The molecule has 0 saturated heterocycles. The summed E-state index contributed by atoms with van der Waals surface area (Å²) in [6.07, 6.45) is 3.19. The largest absolute Gasteiger partial charge is 0.534 e. The molecule has 0 atom stereocenters. The highest BCUT2D eigenvalue weighted by molar-refractivity contribution is 7.87. The third-order valence-corrected chi connectivity index (χ3v) is 4.49. The summed E-state index contributed by atoms with van der Waals surface area (Å²) < 4.78 is 65.3. The molecule has 1 aromatic rings. The van der Waals surface area contributed by atoms with Crippen LogP contribution in [-0.4, -0.2) is 13.9 Å². The van der Waals surface area contributed by atoms with Crippen LogP contribution in [0.3, 0.4) is 0 Å². The van der Waals surface area contributed by atoms with Gasteiger partial charge in [0.2, 0.25) is 0 Å². The van der Waals surface area contributed by atoms with E-state index in [1.807, 2.05) is 6.92 Å². The smallest absolute Gasteiger partial charge is 0.375 e. The second kappa shape index (κ2) is 6.32. The van der Waals surface area contributed by atoms with E-state index < -0.39 is 15.6 Å². The number of alkyl halides is 3. The van der Waals surface area contributed by atoms with Gasteiger partial charge in [-0.1, -0.05) is 37.6 Å². The molecule has 1 aromatic carbocycles. The number of hydrogen-bond acceptors (Lipinski definition) is 3. The van der Waals surface area contributed by atoms with Gasteiger partial charge in [-0.25, -0.2) is 0 Å².